The van der Waals surface area contributed by atoms with Crippen molar-refractivity contribution < 1.29 is 4.92 Å². The first-order chi connectivity index (χ1) is 10.1. The zero-order chi connectivity index (χ0) is 15.2. The number of hydrogen-bond acceptors (Lipinski definition) is 8. The third kappa shape index (κ3) is 3.61. The van der Waals surface area contributed by atoms with Gasteiger partial charge < -0.3 is 15.2 Å². The highest BCUT2D eigenvalue weighted by molar-refractivity contribution is 5.56. The monoisotopic (exact) mass is 292 g/mol. The predicted octanol–water partition coefficient (Wildman–Crippen LogP) is 0.947. The third-order valence-corrected chi connectivity index (χ3v) is 2.72. The summed E-state index contributed by atoms with van der Waals surface area (Å²) in [6.07, 6.45) is 3.64. The number of aryl methyl sites for hydroxylation is 1. The first kappa shape index (κ1) is 14.6. The molecule has 0 atom stereocenters. The van der Waals surface area contributed by atoms with E-state index >= 15 is 0 Å². The Labute approximate surface area is 120 Å². The van der Waals surface area contributed by atoms with E-state index < -0.39 is 4.92 Å². The standard InChI is InChI=1S/C11H16N8O2/c1-3-4-12-11-14-5-8(19(20)21)10(16-11)13-6-9-17-15-7-18(9)2/h5,7H,3-4,6H2,1-2H3,(H2,12,13,14,16). The summed E-state index contributed by atoms with van der Waals surface area (Å²) in [6.45, 7) is 2.98. The van der Waals surface area contributed by atoms with Gasteiger partial charge in [0.05, 0.1) is 11.5 Å². The number of nitrogens with zero attached hydrogens (tertiary/aromatic N) is 6. The van der Waals surface area contributed by atoms with Gasteiger partial charge in [0, 0.05) is 13.6 Å². The molecule has 0 aromatic carbocycles. The van der Waals surface area contributed by atoms with E-state index in [2.05, 4.69) is 30.8 Å². The van der Waals surface area contributed by atoms with Crippen molar-refractivity contribution in [1.29, 1.82) is 0 Å². The van der Waals surface area contributed by atoms with Crippen LogP contribution in [-0.4, -0.2) is 36.2 Å². The van der Waals surface area contributed by atoms with Gasteiger partial charge in [0.25, 0.3) is 0 Å². The van der Waals surface area contributed by atoms with Crippen molar-refractivity contribution in [2.45, 2.75) is 19.9 Å². The maximum Gasteiger partial charge on any atom is 0.329 e. The Balaban J connectivity index is 2.17. The lowest BCUT2D eigenvalue weighted by molar-refractivity contribution is -0.384. The van der Waals surface area contributed by atoms with E-state index in [1.54, 1.807) is 17.9 Å². The van der Waals surface area contributed by atoms with Gasteiger partial charge >= 0.3 is 5.69 Å². The van der Waals surface area contributed by atoms with Crippen molar-refractivity contribution in [3.8, 4) is 0 Å². The fraction of sp³-hybridized carbons (Fsp3) is 0.455. The molecule has 0 aliphatic rings. The van der Waals surface area contributed by atoms with Crippen molar-refractivity contribution in [3.05, 3.63) is 28.5 Å². The molecule has 2 rings (SSSR count). The Morgan fingerprint density at radius 3 is 2.86 bits per heavy atom. The smallest absolute Gasteiger partial charge is 0.329 e. The summed E-state index contributed by atoms with van der Waals surface area (Å²) in [7, 11) is 1.79. The van der Waals surface area contributed by atoms with E-state index in [0.717, 1.165) is 6.42 Å². The van der Waals surface area contributed by atoms with Crippen LogP contribution < -0.4 is 10.6 Å². The molecule has 21 heavy (non-hydrogen) atoms. The molecule has 10 nitrogen and oxygen atoms in total. The highest BCUT2D eigenvalue weighted by Gasteiger charge is 2.17. The molecule has 10 heteroatoms. The van der Waals surface area contributed by atoms with E-state index in [4.69, 9.17) is 0 Å². The average Bonchev–Trinajstić information content (AvgIpc) is 2.88. The summed E-state index contributed by atoms with van der Waals surface area (Å²) in [4.78, 5) is 18.5. The highest BCUT2D eigenvalue weighted by Crippen LogP contribution is 2.22. The van der Waals surface area contributed by atoms with Crippen LogP contribution in [0.5, 0.6) is 0 Å². The molecule has 0 fully saturated rings. The Kier molecular flexibility index (Phi) is 4.59. The predicted molar refractivity (Wildman–Crippen MR) is 75.8 cm³/mol. The molecule has 112 valence electrons. The minimum atomic E-state index is -0.525. The van der Waals surface area contributed by atoms with Gasteiger partial charge in [0.1, 0.15) is 12.5 Å². The number of nitrogens with one attached hydrogen (secondary N) is 2. The largest absolute Gasteiger partial charge is 0.357 e. The van der Waals surface area contributed by atoms with E-state index in [-0.39, 0.29) is 18.1 Å². The summed E-state index contributed by atoms with van der Waals surface area (Å²) in [6, 6.07) is 0. The molecule has 0 saturated heterocycles. The molecular weight excluding hydrogens is 276 g/mol. The first-order valence-electron chi connectivity index (χ1n) is 6.44. The number of nitro groups is 1. The maximum atomic E-state index is 11.0. The van der Waals surface area contributed by atoms with Crippen LogP contribution in [-0.2, 0) is 13.6 Å². The first-order valence-corrected chi connectivity index (χ1v) is 6.44. The molecular formula is C11H16N8O2. The van der Waals surface area contributed by atoms with Gasteiger partial charge in [-0.1, -0.05) is 6.92 Å². The molecule has 2 aromatic heterocycles. The van der Waals surface area contributed by atoms with Gasteiger partial charge in [0.15, 0.2) is 5.82 Å². The minimum absolute atomic E-state index is 0.150. The molecule has 0 aliphatic carbocycles. The lowest BCUT2D eigenvalue weighted by Gasteiger charge is -2.08. The van der Waals surface area contributed by atoms with Gasteiger partial charge in [-0.05, 0) is 6.42 Å². The summed E-state index contributed by atoms with van der Waals surface area (Å²) in [5.41, 5.74) is -0.181. The van der Waals surface area contributed by atoms with Crippen LogP contribution in [0.4, 0.5) is 17.5 Å². The Hall–Kier alpha value is -2.78. The van der Waals surface area contributed by atoms with Crippen molar-refractivity contribution in [1.82, 2.24) is 24.7 Å². The van der Waals surface area contributed by atoms with Crippen molar-refractivity contribution >= 4 is 17.5 Å². The van der Waals surface area contributed by atoms with Gasteiger partial charge in [-0.3, -0.25) is 10.1 Å². The van der Waals surface area contributed by atoms with E-state index in [1.807, 2.05) is 6.92 Å². The van der Waals surface area contributed by atoms with Gasteiger partial charge in [-0.25, -0.2) is 4.98 Å². The zero-order valence-corrected chi connectivity index (χ0v) is 11.8. The topological polar surface area (TPSA) is 124 Å². The fourth-order valence-electron chi connectivity index (χ4n) is 1.59. The number of rotatable bonds is 7. The normalized spacial score (nSPS) is 10.4. The molecule has 0 amide bonds. The molecule has 0 radical (unpaired) electrons. The molecule has 0 spiro atoms. The Morgan fingerprint density at radius 2 is 2.24 bits per heavy atom. The van der Waals surface area contributed by atoms with Crippen molar-refractivity contribution in [2.75, 3.05) is 17.2 Å². The van der Waals surface area contributed by atoms with E-state index in [1.165, 1.54) is 6.20 Å². The summed E-state index contributed by atoms with van der Waals surface area (Å²) in [5.74, 6) is 1.14. The van der Waals surface area contributed by atoms with E-state index in [9.17, 15) is 10.1 Å². The molecule has 2 N–H and O–H groups in total. The quantitative estimate of drug-likeness (QED) is 0.571. The lowest BCUT2D eigenvalue weighted by atomic mass is 10.4. The summed E-state index contributed by atoms with van der Waals surface area (Å²) in [5, 5.41) is 24.5. The van der Waals surface area contributed by atoms with Crippen LogP contribution in [0, 0.1) is 10.1 Å². The van der Waals surface area contributed by atoms with Gasteiger partial charge in [0.2, 0.25) is 11.8 Å². The SMILES string of the molecule is CCCNc1ncc([N+](=O)[O-])c(NCc2nncn2C)n1. The Morgan fingerprint density at radius 1 is 1.43 bits per heavy atom. The number of aromatic nitrogens is 5. The lowest BCUT2D eigenvalue weighted by Crippen LogP contribution is -2.11. The molecule has 0 bridgehead atoms. The van der Waals surface area contributed by atoms with Crippen LogP contribution in [0.25, 0.3) is 0 Å². The van der Waals surface area contributed by atoms with Crippen LogP contribution in [0.1, 0.15) is 19.2 Å². The number of anilines is 2. The van der Waals surface area contributed by atoms with Gasteiger partial charge in [-0.15, -0.1) is 10.2 Å². The van der Waals surface area contributed by atoms with E-state index in [0.29, 0.717) is 18.3 Å². The van der Waals surface area contributed by atoms with Crippen LogP contribution >= 0.6 is 0 Å². The van der Waals surface area contributed by atoms with Crippen LogP contribution in [0.3, 0.4) is 0 Å². The van der Waals surface area contributed by atoms with Crippen molar-refractivity contribution in [3.63, 3.8) is 0 Å². The second-order valence-electron chi connectivity index (χ2n) is 4.32. The summed E-state index contributed by atoms with van der Waals surface area (Å²) >= 11 is 0. The van der Waals surface area contributed by atoms with Crippen molar-refractivity contribution in [2.24, 2.45) is 7.05 Å². The average molecular weight is 292 g/mol. The molecule has 0 saturated carbocycles. The second kappa shape index (κ2) is 6.59. The number of hydrogen-bond donors (Lipinski definition) is 2. The highest BCUT2D eigenvalue weighted by atomic mass is 16.6. The molecule has 2 heterocycles. The summed E-state index contributed by atoms with van der Waals surface area (Å²) < 4.78 is 1.72. The third-order valence-electron chi connectivity index (χ3n) is 2.72. The molecule has 0 aliphatic heterocycles. The zero-order valence-electron chi connectivity index (χ0n) is 11.8. The molecule has 0 unspecified atom stereocenters. The fourth-order valence-corrected chi connectivity index (χ4v) is 1.59. The van der Waals surface area contributed by atoms with Crippen LogP contribution in [0.2, 0.25) is 0 Å². The minimum Gasteiger partial charge on any atom is -0.357 e. The molecule has 2 aromatic rings. The van der Waals surface area contributed by atoms with Gasteiger partial charge in [-0.2, -0.15) is 4.98 Å². The van der Waals surface area contributed by atoms with Crippen LogP contribution in [0.15, 0.2) is 12.5 Å². The second-order valence-corrected chi connectivity index (χ2v) is 4.32. The Bertz CT molecular complexity index is 626. The maximum absolute atomic E-state index is 11.0.